The van der Waals surface area contributed by atoms with Gasteiger partial charge in [-0.05, 0) is 18.6 Å². The highest BCUT2D eigenvalue weighted by atomic mass is 16.5. The van der Waals surface area contributed by atoms with Crippen molar-refractivity contribution in [3.05, 3.63) is 36.0 Å². The SMILES string of the molecule is Nc1cccc(OCCNC2=CC(=O)N(C3CCC(=O)NC3=O)C2=O)c1. The van der Waals surface area contributed by atoms with Gasteiger partial charge < -0.3 is 15.8 Å². The molecule has 2 aliphatic heterocycles. The highest BCUT2D eigenvalue weighted by Crippen LogP contribution is 2.20. The first-order chi connectivity index (χ1) is 12.5. The molecule has 1 unspecified atom stereocenters. The van der Waals surface area contributed by atoms with E-state index < -0.39 is 29.7 Å². The van der Waals surface area contributed by atoms with Crippen LogP contribution in [0.1, 0.15) is 12.8 Å². The van der Waals surface area contributed by atoms with E-state index in [0.717, 1.165) is 11.0 Å². The topological polar surface area (TPSA) is 131 Å². The van der Waals surface area contributed by atoms with Gasteiger partial charge in [0.15, 0.2) is 0 Å². The highest BCUT2D eigenvalue weighted by Gasteiger charge is 2.42. The lowest BCUT2D eigenvalue weighted by Crippen LogP contribution is -2.54. The maximum Gasteiger partial charge on any atom is 0.277 e. The van der Waals surface area contributed by atoms with Gasteiger partial charge >= 0.3 is 0 Å². The van der Waals surface area contributed by atoms with Gasteiger partial charge in [0.2, 0.25) is 11.8 Å². The van der Waals surface area contributed by atoms with Gasteiger partial charge in [-0.25, -0.2) is 0 Å². The van der Waals surface area contributed by atoms with E-state index in [1.54, 1.807) is 24.3 Å². The van der Waals surface area contributed by atoms with Crippen LogP contribution in [0.5, 0.6) is 5.75 Å². The zero-order chi connectivity index (χ0) is 18.7. The Morgan fingerprint density at radius 3 is 2.81 bits per heavy atom. The molecule has 1 atom stereocenters. The molecule has 3 rings (SSSR count). The Morgan fingerprint density at radius 1 is 1.27 bits per heavy atom. The molecule has 2 aliphatic rings. The summed E-state index contributed by atoms with van der Waals surface area (Å²) in [6.07, 6.45) is 1.36. The van der Waals surface area contributed by atoms with Crippen molar-refractivity contribution in [2.24, 2.45) is 0 Å². The number of hydrogen-bond acceptors (Lipinski definition) is 7. The molecular weight excluding hydrogens is 340 g/mol. The number of benzene rings is 1. The minimum Gasteiger partial charge on any atom is -0.492 e. The van der Waals surface area contributed by atoms with Crippen LogP contribution in [0.25, 0.3) is 0 Å². The standard InChI is InChI=1S/C17H18N4O5/c18-10-2-1-3-11(8-10)26-7-6-19-12-9-15(23)21(17(12)25)13-4-5-14(22)20-16(13)24/h1-3,8-9,13,19H,4-7,18H2,(H,20,22,24). The number of nitrogens with zero attached hydrogens (tertiary/aromatic N) is 1. The molecule has 0 aromatic heterocycles. The van der Waals surface area contributed by atoms with Crippen molar-refractivity contribution < 1.29 is 23.9 Å². The van der Waals surface area contributed by atoms with Crippen LogP contribution in [0.15, 0.2) is 36.0 Å². The summed E-state index contributed by atoms with van der Waals surface area (Å²) in [6.45, 7) is 0.531. The minimum atomic E-state index is -0.966. The number of amides is 4. The Labute approximate surface area is 149 Å². The summed E-state index contributed by atoms with van der Waals surface area (Å²) in [7, 11) is 0. The Bertz CT molecular complexity index is 804. The number of rotatable bonds is 6. The number of carbonyl (C=O) groups excluding carboxylic acids is 4. The third kappa shape index (κ3) is 3.66. The average molecular weight is 358 g/mol. The van der Waals surface area contributed by atoms with Crippen molar-refractivity contribution in [3.63, 3.8) is 0 Å². The predicted octanol–water partition coefficient (Wildman–Crippen LogP) is -0.705. The molecule has 0 aliphatic carbocycles. The fourth-order valence-electron chi connectivity index (χ4n) is 2.79. The molecule has 4 N–H and O–H groups in total. The van der Waals surface area contributed by atoms with Crippen LogP contribution in [-0.2, 0) is 19.2 Å². The van der Waals surface area contributed by atoms with Crippen LogP contribution in [0.2, 0.25) is 0 Å². The maximum atomic E-state index is 12.4. The van der Waals surface area contributed by atoms with E-state index in [-0.39, 0.29) is 31.7 Å². The molecule has 0 bridgehead atoms. The van der Waals surface area contributed by atoms with Crippen LogP contribution in [-0.4, -0.2) is 47.7 Å². The van der Waals surface area contributed by atoms with Crippen LogP contribution >= 0.6 is 0 Å². The van der Waals surface area contributed by atoms with Crippen LogP contribution in [0.3, 0.4) is 0 Å². The van der Waals surface area contributed by atoms with E-state index in [9.17, 15) is 19.2 Å². The number of imide groups is 2. The fourth-order valence-corrected chi connectivity index (χ4v) is 2.79. The van der Waals surface area contributed by atoms with Crippen molar-refractivity contribution in [3.8, 4) is 5.75 Å². The molecule has 9 heteroatoms. The largest absolute Gasteiger partial charge is 0.492 e. The minimum absolute atomic E-state index is 0.0876. The molecule has 0 radical (unpaired) electrons. The number of nitrogen functional groups attached to an aromatic ring is 1. The highest BCUT2D eigenvalue weighted by molar-refractivity contribution is 6.18. The first kappa shape index (κ1) is 17.5. The number of anilines is 1. The summed E-state index contributed by atoms with van der Waals surface area (Å²) in [6, 6.07) is 5.96. The summed E-state index contributed by atoms with van der Waals surface area (Å²) < 4.78 is 5.50. The molecular formula is C17H18N4O5. The van der Waals surface area contributed by atoms with Crippen LogP contribution in [0.4, 0.5) is 5.69 Å². The van der Waals surface area contributed by atoms with Crippen molar-refractivity contribution in [1.82, 2.24) is 15.5 Å². The molecule has 1 fully saturated rings. The van der Waals surface area contributed by atoms with Gasteiger partial charge in [0.05, 0.1) is 0 Å². The normalized spacial score (nSPS) is 20.1. The van der Waals surface area contributed by atoms with Crippen molar-refractivity contribution in [1.29, 1.82) is 0 Å². The molecule has 1 aromatic rings. The fraction of sp³-hybridized carbons (Fsp3) is 0.294. The second-order valence-corrected chi connectivity index (χ2v) is 5.89. The quantitative estimate of drug-likeness (QED) is 0.348. The van der Waals surface area contributed by atoms with E-state index in [1.165, 1.54) is 0 Å². The summed E-state index contributed by atoms with van der Waals surface area (Å²) in [5, 5.41) is 4.97. The first-order valence-corrected chi connectivity index (χ1v) is 8.11. The number of piperidine rings is 1. The molecule has 1 aromatic carbocycles. The lowest BCUT2D eigenvalue weighted by atomic mass is 10.0. The number of nitrogens with one attached hydrogen (secondary N) is 2. The molecule has 0 saturated carbocycles. The number of carbonyl (C=O) groups is 4. The Morgan fingerprint density at radius 2 is 2.08 bits per heavy atom. The van der Waals surface area contributed by atoms with E-state index in [1.807, 2.05) is 0 Å². The molecule has 0 spiro atoms. The van der Waals surface area contributed by atoms with Crippen LogP contribution in [0, 0.1) is 0 Å². The third-order valence-corrected chi connectivity index (χ3v) is 4.02. The lowest BCUT2D eigenvalue weighted by Gasteiger charge is -2.28. The Balaban J connectivity index is 1.52. The van der Waals surface area contributed by atoms with Gasteiger partial charge in [-0.2, -0.15) is 0 Å². The van der Waals surface area contributed by atoms with Crippen molar-refractivity contribution in [2.45, 2.75) is 18.9 Å². The summed E-state index contributed by atoms with van der Waals surface area (Å²) >= 11 is 0. The summed E-state index contributed by atoms with van der Waals surface area (Å²) in [5.41, 5.74) is 6.33. The maximum absolute atomic E-state index is 12.4. The number of hydrogen-bond donors (Lipinski definition) is 3. The Hall–Kier alpha value is -3.36. The summed E-state index contributed by atoms with van der Waals surface area (Å²) in [5.74, 6) is -1.62. The zero-order valence-electron chi connectivity index (χ0n) is 13.9. The van der Waals surface area contributed by atoms with Gasteiger partial charge in [-0.1, -0.05) is 6.07 Å². The lowest BCUT2D eigenvalue weighted by molar-refractivity contribution is -0.149. The van der Waals surface area contributed by atoms with Gasteiger partial charge in [0.1, 0.15) is 24.1 Å². The second-order valence-electron chi connectivity index (χ2n) is 5.89. The molecule has 9 nitrogen and oxygen atoms in total. The van der Waals surface area contributed by atoms with Gasteiger partial charge in [0.25, 0.3) is 11.8 Å². The third-order valence-electron chi connectivity index (χ3n) is 4.02. The van der Waals surface area contributed by atoms with Crippen molar-refractivity contribution in [2.75, 3.05) is 18.9 Å². The second kappa shape index (κ2) is 7.26. The predicted molar refractivity (Wildman–Crippen MR) is 90.5 cm³/mol. The average Bonchev–Trinajstić information content (AvgIpc) is 2.86. The smallest absolute Gasteiger partial charge is 0.277 e. The number of nitrogens with two attached hydrogens (primary N) is 1. The first-order valence-electron chi connectivity index (χ1n) is 8.11. The molecule has 1 saturated heterocycles. The van der Waals surface area contributed by atoms with Crippen molar-refractivity contribution >= 4 is 29.3 Å². The van der Waals surface area contributed by atoms with Gasteiger partial charge in [-0.15, -0.1) is 0 Å². The van der Waals surface area contributed by atoms with E-state index in [0.29, 0.717) is 11.4 Å². The molecule has 2 heterocycles. The Kier molecular flexibility index (Phi) is 4.87. The van der Waals surface area contributed by atoms with E-state index >= 15 is 0 Å². The zero-order valence-corrected chi connectivity index (χ0v) is 13.9. The molecule has 4 amide bonds. The molecule has 136 valence electrons. The van der Waals surface area contributed by atoms with E-state index in [2.05, 4.69) is 10.6 Å². The number of ether oxygens (including phenoxy) is 1. The van der Waals surface area contributed by atoms with Gasteiger partial charge in [0, 0.05) is 30.8 Å². The summed E-state index contributed by atoms with van der Waals surface area (Å²) in [4.78, 5) is 48.5. The van der Waals surface area contributed by atoms with Crippen LogP contribution < -0.4 is 21.1 Å². The molecule has 26 heavy (non-hydrogen) atoms. The van der Waals surface area contributed by atoms with Gasteiger partial charge in [-0.3, -0.25) is 29.4 Å². The van der Waals surface area contributed by atoms with E-state index in [4.69, 9.17) is 10.5 Å². The monoisotopic (exact) mass is 358 g/mol.